The van der Waals surface area contributed by atoms with Crippen molar-refractivity contribution in [3.63, 3.8) is 0 Å². The van der Waals surface area contributed by atoms with Crippen LogP contribution >= 0.6 is 0 Å². The molecule has 2 heterocycles. The van der Waals surface area contributed by atoms with Crippen LogP contribution in [0, 0.1) is 0 Å². The topological polar surface area (TPSA) is 28.2 Å². The first kappa shape index (κ1) is 12.4. The molecule has 1 N–H and O–H groups in total. The lowest BCUT2D eigenvalue weighted by Gasteiger charge is -2.23. The molecule has 94 valence electrons. The number of aromatic nitrogens is 1. The zero-order chi connectivity index (χ0) is 12.6. The van der Waals surface area contributed by atoms with E-state index in [-0.39, 0.29) is 0 Å². The van der Waals surface area contributed by atoms with E-state index in [2.05, 4.69) is 40.1 Å². The number of anilines is 1. The zero-order valence-corrected chi connectivity index (χ0v) is 10.5. The van der Waals surface area contributed by atoms with Gasteiger partial charge in [-0.3, -0.25) is 0 Å². The Hall–Kier alpha value is -2.03. The average Bonchev–Trinajstić information content (AvgIpc) is 2.41. The van der Waals surface area contributed by atoms with Gasteiger partial charge >= 0.3 is 0 Å². The fourth-order valence-corrected chi connectivity index (χ4v) is 1.94. The van der Waals surface area contributed by atoms with Crippen LogP contribution in [0.5, 0.6) is 0 Å². The van der Waals surface area contributed by atoms with Crippen molar-refractivity contribution in [2.24, 2.45) is 0 Å². The van der Waals surface area contributed by atoms with Crippen LogP contribution in [0.4, 0.5) is 5.82 Å². The van der Waals surface area contributed by atoms with Gasteiger partial charge in [0.1, 0.15) is 5.82 Å². The van der Waals surface area contributed by atoms with Crippen LogP contribution < -0.4 is 5.32 Å². The predicted molar refractivity (Wildman–Crippen MR) is 76.3 cm³/mol. The first-order chi connectivity index (χ1) is 8.88. The Kier molecular flexibility index (Phi) is 4.59. The Bertz CT molecular complexity index is 434. The molecule has 18 heavy (non-hydrogen) atoms. The minimum absolute atomic E-state index is 0.904. The maximum absolute atomic E-state index is 4.24. The van der Waals surface area contributed by atoms with Crippen molar-refractivity contribution < 1.29 is 0 Å². The van der Waals surface area contributed by atoms with Gasteiger partial charge in [-0.05, 0) is 36.4 Å². The van der Waals surface area contributed by atoms with Crippen molar-refractivity contribution in [3.8, 4) is 0 Å². The van der Waals surface area contributed by atoms with Gasteiger partial charge in [-0.1, -0.05) is 18.2 Å². The molecule has 0 radical (unpaired) electrons. The SMILES string of the molecule is C=CCN1C=CC=C(CCNc2ccccn2)C1. The van der Waals surface area contributed by atoms with Gasteiger partial charge in [-0.25, -0.2) is 4.98 Å². The summed E-state index contributed by atoms with van der Waals surface area (Å²) in [6, 6.07) is 5.90. The van der Waals surface area contributed by atoms with Crippen LogP contribution in [0.15, 0.2) is 61.0 Å². The molecule has 0 saturated carbocycles. The number of allylic oxidation sites excluding steroid dienone is 2. The molecular formula is C15H19N3. The minimum atomic E-state index is 0.904. The van der Waals surface area contributed by atoms with Crippen molar-refractivity contribution in [1.82, 2.24) is 9.88 Å². The first-order valence-corrected chi connectivity index (χ1v) is 6.24. The zero-order valence-electron chi connectivity index (χ0n) is 10.5. The molecular weight excluding hydrogens is 222 g/mol. The highest BCUT2D eigenvalue weighted by molar-refractivity contribution is 5.33. The van der Waals surface area contributed by atoms with E-state index in [0.29, 0.717) is 0 Å². The lowest BCUT2D eigenvalue weighted by Crippen LogP contribution is -2.23. The molecule has 0 spiro atoms. The van der Waals surface area contributed by atoms with Crippen molar-refractivity contribution in [3.05, 3.63) is 61.0 Å². The number of pyridine rings is 1. The Labute approximate surface area is 109 Å². The van der Waals surface area contributed by atoms with Gasteiger partial charge in [0.15, 0.2) is 0 Å². The third-order valence-electron chi connectivity index (χ3n) is 2.82. The van der Waals surface area contributed by atoms with Crippen LogP contribution in [-0.2, 0) is 0 Å². The van der Waals surface area contributed by atoms with Gasteiger partial charge < -0.3 is 10.2 Å². The first-order valence-electron chi connectivity index (χ1n) is 6.24. The van der Waals surface area contributed by atoms with Gasteiger partial charge in [0.05, 0.1) is 0 Å². The van der Waals surface area contributed by atoms with E-state index in [1.54, 1.807) is 6.20 Å². The maximum Gasteiger partial charge on any atom is 0.125 e. The Balaban J connectivity index is 1.76. The lowest BCUT2D eigenvalue weighted by atomic mass is 10.1. The normalized spacial score (nSPS) is 14.2. The minimum Gasteiger partial charge on any atom is -0.370 e. The molecule has 0 atom stereocenters. The number of hydrogen-bond donors (Lipinski definition) is 1. The van der Waals surface area contributed by atoms with E-state index in [9.17, 15) is 0 Å². The molecule has 2 rings (SSSR count). The number of nitrogens with one attached hydrogen (secondary N) is 1. The van der Waals surface area contributed by atoms with Crippen molar-refractivity contribution in [2.75, 3.05) is 25.0 Å². The van der Waals surface area contributed by atoms with Crippen molar-refractivity contribution in [1.29, 1.82) is 0 Å². The molecule has 0 aromatic carbocycles. The Morgan fingerprint density at radius 3 is 3.17 bits per heavy atom. The summed E-state index contributed by atoms with van der Waals surface area (Å²) in [6.45, 7) is 6.58. The fourth-order valence-electron chi connectivity index (χ4n) is 1.94. The highest BCUT2D eigenvalue weighted by Gasteiger charge is 2.05. The molecule has 0 fully saturated rings. The van der Waals surface area contributed by atoms with Gasteiger partial charge in [0.2, 0.25) is 0 Å². The second-order valence-corrected chi connectivity index (χ2v) is 4.28. The Morgan fingerprint density at radius 2 is 2.39 bits per heavy atom. The van der Waals surface area contributed by atoms with Gasteiger partial charge in [0, 0.05) is 25.8 Å². The summed E-state index contributed by atoms with van der Waals surface area (Å²) in [4.78, 5) is 6.49. The molecule has 3 nitrogen and oxygen atoms in total. The monoisotopic (exact) mass is 241 g/mol. The number of nitrogens with zero attached hydrogens (tertiary/aromatic N) is 2. The quantitative estimate of drug-likeness (QED) is 0.776. The summed E-state index contributed by atoms with van der Waals surface area (Å²) in [5.74, 6) is 0.937. The summed E-state index contributed by atoms with van der Waals surface area (Å²) < 4.78 is 0. The van der Waals surface area contributed by atoms with Crippen LogP contribution in [0.2, 0.25) is 0 Å². The Morgan fingerprint density at radius 1 is 1.44 bits per heavy atom. The molecule has 0 aliphatic carbocycles. The van der Waals surface area contributed by atoms with E-state index >= 15 is 0 Å². The van der Waals surface area contributed by atoms with E-state index in [0.717, 1.165) is 31.9 Å². The molecule has 1 aromatic heterocycles. The summed E-state index contributed by atoms with van der Waals surface area (Å²) in [5, 5.41) is 3.32. The molecule has 0 unspecified atom stereocenters. The summed E-state index contributed by atoms with van der Waals surface area (Å²) in [7, 11) is 0. The molecule has 0 saturated heterocycles. The van der Waals surface area contributed by atoms with Crippen LogP contribution in [-0.4, -0.2) is 29.5 Å². The summed E-state index contributed by atoms with van der Waals surface area (Å²) in [5.41, 5.74) is 1.43. The lowest BCUT2D eigenvalue weighted by molar-refractivity contribution is 0.441. The maximum atomic E-state index is 4.24. The van der Waals surface area contributed by atoms with Crippen molar-refractivity contribution in [2.45, 2.75) is 6.42 Å². The van der Waals surface area contributed by atoms with Gasteiger partial charge in [-0.15, -0.1) is 6.58 Å². The average molecular weight is 241 g/mol. The highest BCUT2D eigenvalue weighted by Crippen LogP contribution is 2.11. The highest BCUT2D eigenvalue weighted by atomic mass is 15.1. The number of rotatable bonds is 6. The molecule has 1 aliphatic heterocycles. The van der Waals surface area contributed by atoms with E-state index in [4.69, 9.17) is 0 Å². The summed E-state index contributed by atoms with van der Waals surface area (Å²) in [6.07, 6.45) is 11.2. The largest absolute Gasteiger partial charge is 0.370 e. The molecule has 1 aromatic rings. The second kappa shape index (κ2) is 6.64. The van der Waals surface area contributed by atoms with Gasteiger partial charge in [0.25, 0.3) is 0 Å². The van der Waals surface area contributed by atoms with Crippen molar-refractivity contribution >= 4 is 5.82 Å². The molecule has 0 bridgehead atoms. The van der Waals surface area contributed by atoms with E-state index in [1.807, 2.05) is 24.3 Å². The van der Waals surface area contributed by atoms with Crippen LogP contribution in [0.3, 0.4) is 0 Å². The van der Waals surface area contributed by atoms with Gasteiger partial charge in [-0.2, -0.15) is 0 Å². The molecule has 3 heteroatoms. The third-order valence-corrected chi connectivity index (χ3v) is 2.82. The van der Waals surface area contributed by atoms with Crippen LogP contribution in [0.25, 0.3) is 0 Å². The predicted octanol–water partition coefficient (Wildman–Crippen LogP) is 2.83. The molecule has 0 amide bonds. The smallest absolute Gasteiger partial charge is 0.125 e. The number of hydrogen-bond acceptors (Lipinski definition) is 3. The van der Waals surface area contributed by atoms with E-state index < -0.39 is 0 Å². The summed E-state index contributed by atoms with van der Waals surface area (Å²) >= 11 is 0. The van der Waals surface area contributed by atoms with Crippen LogP contribution in [0.1, 0.15) is 6.42 Å². The third kappa shape index (κ3) is 3.77. The molecule has 1 aliphatic rings. The fraction of sp³-hybridized carbons (Fsp3) is 0.267. The van der Waals surface area contributed by atoms with E-state index in [1.165, 1.54) is 5.57 Å². The second-order valence-electron chi connectivity index (χ2n) is 4.28. The standard InChI is InChI=1S/C15H19N3/c1-2-11-18-12-5-6-14(13-18)8-10-17-15-7-3-4-9-16-15/h2-7,9,12H,1,8,10-11,13H2,(H,16,17).